The van der Waals surface area contributed by atoms with Gasteiger partial charge in [0.2, 0.25) is 5.91 Å². The number of alkyl halides is 3. The van der Waals surface area contributed by atoms with Crippen LogP contribution in [0.5, 0.6) is 0 Å². The molecule has 8 heteroatoms. The molecule has 2 atom stereocenters. The molecule has 1 aliphatic carbocycles. The molecule has 2 amide bonds. The highest BCUT2D eigenvalue weighted by Gasteiger charge is 2.39. The van der Waals surface area contributed by atoms with Gasteiger partial charge in [-0.25, -0.2) is 4.98 Å². The zero-order chi connectivity index (χ0) is 19.6. The molecule has 0 aliphatic heterocycles. The molecule has 1 heterocycles. The van der Waals surface area contributed by atoms with Crippen molar-refractivity contribution in [1.29, 1.82) is 0 Å². The first-order valence-electron chi connectivity index (χ1n) is 8.45. The van der Waals surface area contributed by atoms with Crippen molar-refractivity contribution in [3.63, 3.8) is 0 Å². The Bertz CT molecular complexity index is 840. The monoisotopic (exact) mass is 377 g/mol. The molecule has 0 radical (unpaired) electrons. The van der Waals surface area contributed by atoms with Gasteiger partial charge in [-0.1, -0.05) is 19.1 Å². The van der Waals surface area contributed by atoms with E-state index in [-0.39, 0.29) is 23.2 Å². The number of nitrogens with one attached hydrogen (secondary N) is 1. The Labute approximate surface area is 154 Å². The van der Waals surface area contributed by atoms with E-state index >= 15 is 0 Å². The fourth-order valence-corrected chi connectivity index (χ4v) is 2.76. The summed E-state index contributed by atoms with van der Waals surface area (Å²) >= 11 is 0. The summed E-state index contributed by atoms with van der Waals surface area (Å²) < 4.78 is 38.9. The van der Waals surface area contributed by atoms with Gasteiger partial charge in [0.25, 0.3) is 5.91 Å². The Balaban J connectivity index is 1.83. The topological polar surface area (TPSA) is 62.3 Å². The Morgan fingerprint density at radius 2 is 1.96 bits per heavy atom. The minimum absolute atomic E-state index is 0.0338. The molecule has 27 heavy (non-hydrogen) atoms. The summed E-state index contributed by atoms with van der Waals surface area (Å²) in [6.07, 6.45) is -2.45. The molecule has 1 aromatic heterocycles. The molecule has 5 nitrogen and oxygen atoms in total. The molecule has 2 aromatic rings. The van der Waals surface area contributed by atoms with Crippen LogP contribution in [0.4, 0.5) is 24.7 Å². The van der Waals surface area contributed by atoms with E-state index in [4.69, 9.17) is 0 Å². The first-order valence-corrected chi connectivity index (χ1v) is 8.45. The largest absolute Gasteiger partial charge is 0.406 e. The Morgan fingerprint density at radius 3 is 2.56 bits per heavy atom. The van der Waals surface area contributed by atoms with Crippen molar-refractivity contribution >= 4 is 23.3 Å². The van der Waals surface area contributed by atoms with Gasteiger partial charge in [-0.2, -0.15) is 13.2 Å². The number of carbonyl (C=O) groups excluding carboxylic acids is 2. The summed E-state index contributed by atoms with van der Waals surface area (Å²) in [6, 6.07) is 10.3. The molecule has 0 bridgehead atoms. The first-order chi connectivity index (χ1) is 12.7. The number of rotatable bonds is 5. The highest BCUT2D eigenvalue weighted by atomic mass is 19.4. The van der Waals surface area contributed by atoms with Crippen LogP contribution in [0.3, 0.4) is 0 Å². The van der Waals surface area contributed by atoms with Gasteiger partial charge in [-0.3, -0.25) is 14.5 Å². The molecular weight excluding hydrogens is 359 g/mol. The molecule has 0 spiro atoms. The molecule has 3 rings (SSSR count). The van der Waals surface area contributed by atoms with Crippen molar-refractivity contribution in [2.24, 2.45) is 11.8 Å². The fourth-order valence-electron chi connectivity index (χ4n) is 2.76. The van der Waals surface area contributed by atoms with Crippen LogP contribution in [0.1, 0.15) is 23.7 Å². The van der Waals surface area contributed by atoms with E-state index in [1.54, 1.807) is 12.1 Å². The van der Waals surface area contributed by atoms with Gasteiger partial charge >= 0.3 is 6.18 Å². The SMILES string of the molecule is CC1CC1C(=O)Nc1cccc(C(=O)N(CC(F)(F)F)c2ccccn2)c1. The number of carbonyl (C=O) groups is 2. The van der Waals surface area contributed by atoms with Gasteiger partial charge in [0, 0.05) is 23.4 Å². The van der Waals surface area contributed by atoms with Gasteiger partial charge in [0.15, 0.2) is 0 Å². The Morgan fingerprint density at radius 1 is 1.22 bits per heavy atom. The predicted octanol–water partition coefficient (Wildman–Crippen LogP) is 3.89. The van der Waals surface area contributed by atoms with Crippen molar-refractivity contribution in [3.05, 3.63) is 54.2 Å². The molecule has 1 aliphatic rings. The van der Waals surface area contributed by atoms with E-state index in [0.717, 1.165) is 6.42 Å². The lowest BCUT2D eigenvalue weighted by atomic mass is 10.1. The van der Waals surface area contributed by atoms with E-state index in [1.165, 1.54) is 36.5 Å². The zero-order valence-electron chi connectivity index (χ0n) is 14.5. The molecule has 1 N–H and O–H groups in total. The van der Waals surface area contributed by atoms with Crippen LogP contribution in [-0.4, -0.2) is 29.5 Å². The van der Waals surface area contributed by atoms with Crippen LogP contribution < -0.4 is 10.2 Å². The second kappa shape index (κ2) is 7.38. The summed E-state index contributed by atoms with van der Waals surface area (Å²) in [7, 11) is 0. The van der Waals surface area contributed by atoms with Crippen LogP contribution in [0.25, 0.3) is 0 Å². The molecule has 1 fully saturated rings. The molecule has 142 valence electrons. The van der Waals surface area contributed by atoms with Crippen LogP contribution >= 0.6 is 0 Å². The summed E-state index contributed by atoms with van der Waals surface area (Å²) in [5.41, 5.74) is 0.407. The van der Waals surface area contributed by atoms with Gasteiger partial charge < -0.3 is 5.32 Å². The normalized spacial score (nSPS) is 18.7. The summed E-state index contributed by atoms with van der Waals surface area (Å²) in [5, 5.41) is 2.71. The predicted molar refractivity (Wildman–Crippen MR) is 94.3 cm³/mol. The van der Waals surface area contributed by atoms with E-state index in [9.17, 15) is 22.8 Å². The first kappa shape index (κ1) is 18.9. The van der Waals surface area contributed by atoms with E-state index in [2.05, 4.69) is 10.3 Å². The highest BCUT2D eigenvalue weighted by molar-refractivity contribution is 6.06. The second-order valence-corrected chi connectivity index (χ2v) is 6.58. The van der Waals surface area contributed by atoms with Gasteiger partial charge in [-0.15, -0.1) is 0 Å². The summed E-state index contributed by atoms with van der Waals surface area (Å²) in [6.45, 7) is 0.505. The maximum atomic E-state index is 13.0. The lowest BCUT2D eigenvalue weighted by molar-refractivity contribution is -0.119. The number of amides is 2. The third-order valence-corrected chi connectivity index (χ3v) is 4.33. The highest BCUT2D eigenvalue weighted by Crippen LogP contribution is 2.38. The maximum absolute atomic E-state index is 13.0. The van der Waals surface area contributed by atoms with Crippen molar-refractivity contribution in [2.45, 2.75) is 19.5 Å². The van der Waals surface area contributed by atoms with Crippen molar-refractivity contribution < 1.29 is 22.8 Å². The fraction of sp³-hybridized carbons (Fsp3) is 0.316. The number of hydrogen-bond acceptors (Lipinski definition) is 3. The van der Waals surface area contributed by atoms with Gasteiger partial charge in [0.05, 0.1) is 0 Å². The smallest absolute Gasteiger partial charge is 0.326 e. The van der Waals surface area contributed by atoms with Crippen LogP contribution in [0, 0.1) is 11.8 Å². The average molecular weight is 377 g/mol. The Hall–Kier alpha value is -2.90. The van der Waals surface area contributed by atoms with Crippen LogP contribution in [-0.2, 0) is 4.79 Å². The number of nitrogens with zero attached hydrogens (tertiary/aromatic N) is 2. The molecular formula is C19H18F3N3O2. The molecule has 2 unspecified atom stereocenters. The van der Waals surface area contributed by atoms with Crippen molar-refractivity contribution in [2.75, 3.05) is 16.8 Å². The van der Waals surface area contributed by atoms with E-state index in [0.29, 0.717) is 16.5 Å². The number of hydrogen-bond donors (Lipinski definition) is 1. The minimum Gasteiger partial charge on any atom is -0.326 e. The lowest BCUT2D eigenvalue weighted by Crippen LogP contribution is -2.39. The van der Waals surface area contributed by atoms with Gasteiger partial charge in [0.1, 0.15) is 12.4 Å². The van der Waals surface area contributed by atoms with Crippen LogP contribution in [0.15, 0.2) is 48.7 Å². The number of halogens is 3. The van der Waals surface area contributed by atoms with E-state index in [1.807, 2.05) is 6.92 Å². The maximum Gasteiger partial charge on any atom is 0.406 e. The molecule has 0 saturated heterocycles. The standard InChI is InChI=1S/C19H18F3N3O2/c1-12-9-15(12)17(26)24-14-6-4-5-13(10-14)18(27)25(11-19(20,21)22)16-7-2-3-8-23-16/h2-8,10,12,15H,9,11H2,1H3,(H,24,26). The quantitative estimate of drug-likeness (QED) is 0.860. The minimum atomic E-state index is -4.58. The molecule has 1 aromatic carbocycles. The zero-order valence-corrected chi connectivity index (χ0v) is 14.5. The number of pyridine rings is 1. The third kappa shape index (κ3) is 4.84. The van der Waals surface area contributed by atoms with Crippen molar-refractivity contribution in [1.82, 2.24) is 4.98 Å². The number of aromatic nitrogens is 1. The average Bonchev–Trinajstić information content (AvgIpc) is 3.36. The molecule has 1 saturated carbocycles. The number of anilines is 2. The second-order valence-electron chi connectivity index (χ2n) is 6.58. The van der Waals surface area contributed by atoms with E-state index < -0.39 is 18.6 Å². The third-order valence-electron chi connectivity index (χ3n) is 4.33. The summed E-state index contributed by atoms with van der Waals surface area (Å²) in [4.78, 5) is 29.2. The summed E-state index contributed by atoms with van der Waals surface area (Å²) in [5.74, 6) is -0.826. The number of benzene rings is 1. The lowest BCUT2D eigenvalue weighted by Gasteiger charge is -2.23. The Kier molecular flexibility index (Phi) is 5.16. The van der Waals surface area contributed by atoms with Crippen molar-refractivity contribution in [3.8, 4) is 0 Å². The van der Waals surface area contributed by atoms with Crippen LogP contribution in [0.2, 0.25) is 0 Å². The van der Waals surface area contributed by atoms with Gasteiger partial charge in [-0.05, 0) is 42.7 Å².